The summed E-state index contributed by atoms with van der Waals surface area (Å²) in [4.78, 5) is 12.4. The first-order valence-corrected chi connectivity index (χ1v) is 9.01. The van der Waals surface area contributed by atoms with Crippen molar-refractivity contribution in [3.05, 3.63) is 58.6 Å². The Morgan fingerprint density at radius 1 is 1.15 bits per heavy atom. The molecule has 134 valence electrons. The van der Waals surface area contributed by atoms with Crippen LogP contribution in [-0.2, 0) is 11.2 Å². The van der Waals surface area contributed by atoms with Crippen LogP contribution >= 0.6 is 15.9 Å². The molecule has 0 saturated carbocycles. The molecular formula is C19H18BrN3O3. The van der Waals surface area contributed by atoms with Crippen LogP contribution in [0, 0.1) is 0 Å². The lowest BCUT2D eigenvalue weighted by Gasteiger charge is -2.14. The topological polar surface area (TPSA) is 77.2 Å². The van der Waals surface area contributed by atoms with Gasteiger partial charge >= 0.3 is 0 Å². The van der Waals surface area contributed by atoms with Crippen LogP contribution < -0.4 is 10.1 Å². The van der Waals surface area contributed by atoms with Gasteiger partial charge < -0.3 is 10.1 Å². The first-order valence-electron chi connectivity index (χ1n) is 8.21. The Labute approximate surface area is 159 Å². The van der Waals surface area contributed by atoms with E-state index in [2.05, 4.69) is 38.5 Å². The zero-order chi connectivity index (χ0) is 18.5. The molecule has 7 heteroatoms. The molecule has 1 aromatic heterocycles. The van der Waals surface area contributed by atoms with Gasteiger partial charge in [0.25, 0.3) is 5.91 Å². The van der Waals surface area contributed by atoms with E-state index in [1.807, 2.05) is 48.5 Å². The van der Waals surface area contributed by atoms with Crippen LogP contribution in [0.25, 0.3) is 11.3 Å². The van der Waals surface area contributed by atoms with Crippen LogP contribution in [0.2, 0.25) is 0 Å². The summed E-state index contributed by atoms with van der Waals surface area (Å²) < 4.78 is 11.4. The van der Waals surface area contributed by atoms with E-state index in [9.17, 15) is 4.79 Å². The van der Waals surface area contributed by atoms with Gasteiger partial charge in [0.2, 0.25) is 5.82 Å². The van der Waals surface area contributed by atoms with Gasteiger partial charge in [-0.15, -0.1) is 0 Å². The fourth-order valence-electron chi connectivity index (χ4n) is 2.35. The van der Waals surface area contributed by atoms with Crippen molar-refractivity contribution in [1.29, 1.82) is 0 Å². The Kier molecular flexibility index (Phi) is 5.68. The molecule has 1 atom stereocenters. The van der Waals surface area contributed by atoms with Crippen LogP contribution in [0.1, 0.15) is 19.4 Å². The maximum atomic E-state index is 12.4. The second-order valence-electron chi connectivity index (χ2n) is 5.72. The van der Waals surface area contributed by atoms with Crippen LogP contribution in [0.3, 0.4) is 0 Å². The number of benzene rings is 2. The standard InChI is InChI=1S/C19H18BrN3O3/c1-3-13-4-10-16(11-5-13)25-12(2)19(24)21-18-17(22-26-23-18)14-6-8-15(20)9-7-14/h4-12H,3H2,1-2H3,(H,21,23,24)/t12-/m1/s1. The largest absolute Gasteiger partial charge is 0.481 e. The van der Waals surface area contributed by atoms with Crippen molar-refractivity contribution in [2.24, 2.45) is 0 Å². The van der Waals surface area contributed by atoms with Crippen molar-refractivity contribution >= 4 is 27.7 Å². The van der Waals surface area contributed by atoms with Gasteiger partial charge in [-0.3, -0.25) is 4.79 Å². The molecular weight excluding hydrogens is 398 g/mol. The minimum absolute atomic E-state index is 0.258. The Hall–Kier alpha value is -2.67. The van der Waals surface area contributed by atoms with Crippen molar-refractivity contribution in [3.8, 4) is 17.0 Å². The fraction of sp³-hybridized carbons (Fsp3) is 0.211. The van der Waals surface area contributed by atoms with Gasteiger partial charge in [-0.1, -0.05) is 47.1 Å². The molecule has 6 nitrogen and oxygen atoms in total. The summed E-state index contributed by atoms with van der Waals surface area (Å²) in [5, 5.41) is 10.4. The molecule has 0 radical (unpaired) electrons. The summed E-state index contributed by atoms with van der Waals surface area (Å²) in [5.41, 5.74) is 2.46. The molecule has 1 amide bonds. The van der Waals surface area contributed by atoms with Crippen molar-refractivity contribution < 1.29 is 14.2 Å². The zero-order valence-corrected chi connectivity index (χ0v) is 16.0. The molecule has 3 aromatic rings. The Morgan fingerprint density at radius 3 is 2.50 bits per heavy atom. The molecule has 0 bridgehead atoms. The number of rotatable bonds is 6. The summed E-state index contributed by atoms with van der Waals surface area (Å²) in [6, 6.07) is 15.1. The van der Waals surface area contributed by atoms with Gasteiger partial charge in [0.15, 0.2) is 11.8 Å². The number of carbonyl (C=O) groups excluding carboxylic acids is 1. The molecule has 0 saturated heterocycles. The molecule has 0 aliphatic carbocycles. The number of hydrogen-bond acceptors (Lipinski definition) is 5. The van der Waals surface area contributed by atoms with E-state index in [0.29, 0.717) is 11.4 Å². The number of hydrogen-bond donors (Lipinski definition) is 1. The van der Waals surface area contributed by atoms with Crippen LogP contribution in [-0.4, -0.2) is 22.3 Å². The quantitative estimate of drug-likeness (QED) is 0.642. The molecule has 3 rings (SSSR count). The van der Waals surface area contributed by atoms with Crippen molar-refractivity contribution in [3.63, 3.8) is 0 Å². The predicted octanol–water partition coefficient (Wildman–Crippen LogP) is 4.47. The highest BCUT2D eigenvalue weighted by atomic mass is 79.9. The Balaban J connectivity index is 1.67. The van der Waals surface area contributed by atoms with Crippen molar-refractivity contribution in [2.75, 3.05) is 5.32 Å². The number of nitrogens with one attached hydrogen (secondary N) is 1. The first kappa shape index (κ1) is 18.1. The van der Waals surface area contributed by atoms with Gasteiger partial charge in [0.1, 0.15) is 5.75 Å². The average Bonchev–Trinajstić information content (AvgIpc) is 3.11. The number of anilines is 1. The molecule has 1 N–H and O–H groups in total. The lowest BCUT2D eigenvalue weighted by molar-refractivity contribution is -0.122. The third-order valence-electron chi connectivity index (χ3n) is 3.86. The molecule has 1 heterocycles. The maximum absolute atomic E-state index is 12.4. The van der Waals surface area contributed by atoms with E-state index in [0.717, 1.165) is 16.5 Å². The second-order valence-corrected chi connectivity index (χ2v) is 6.63. The Bertz CT molecular complexity index is 876. The zero-order valence-electron chi connectivity index (χ0n) is 14.4. The lowest BCUT2D eigenvalue weighted by atomic mass is 10.1. The number of aromatic nitrogens is 2. The fourth-order valence-corrected chi connectivity index (χ4v) is 2.61. The van der Waals surface area contributed by atoms with E-state index in [1.165, 1.54) is 5.56 Å². The van der Waals surface area contributed by atoms with Crippen molar-refractivity contribution in [1.82, 2.24) is 10.3 Å². The smallest absolute Gasteiger partial charge is 0.266 e. The molecule has 26 heavy (non-hydrogen) atoms. The van der Waals surface area contributed by atoms with Gasteiger partial charge in [-0.05, 0) is 53.5 Å². The van der Waals surface area contributed by atoms with E-state index in [4.69, 9.17) is 9.37 Å². The van der Waals surface area contributed by atoms with Crippen LogP contribution in [0.15, 0.2) is 57.6 Å². The van der Waals surface area contributed by atoms with Gasteiger partial charge in [-0.2, -0.15) is 0 Å². The van der Waals surface area contributed by atoms with Gasteiger partial charge in [0.05, 0.1) is 0 Å². The summed E-state index contributed by atoms with van der Waals surface area (Å²) >= 11 is 3.38. The number of halogens is 1. The van der Waals surface area contributed by atoms with E-state index in [-0.39, 0.29) is 11.7 Å². The van der Waals surface area contributed by atoms with E-state index < -0.39 is 6.10 Å². The highest BCUT2D eigenvalue weighted by molar-refractivity contribution is 9.10. The maximum Gasteiger partial charge on any atom is 0.266 e. The summed E-state index contributed by atoms with van der Waals surface area (Å²) in [7, 11) is 0. The summed E-state index contributed by atoms with van der Waals surface area (Å²) in [5.74, 6) is 0.559. The normalized spacial score (nSPS) is 11.8. The molecule has 0 aliphatic heterocycles. The SMILES string of the molecule is CCc1ccc(O[C@H](C)C(=O)Nc2nonc2-c2ccc(Br)cc2)cc1. The number of amides is 1. The van der Waals surface area contributed by atoms with Crippen LogP contribution in [0.5, 0.6) is 5.75 Å². The average molecular weight is 416 g/mol. The number of ether oxygens (including phenoxy) is 1. The third kappa shape index (κ3) is 4.29. The molecule has 2 aromatic carbocycles. The second kappa shape index (κ2) is 8.14. The highest BCUT2D eigenvalue weighted by Crippen LogP contribution is 2.26. The number of aryl methyl sites for hydroxylation is 1. The third-order valence-corrected chi connectivity index (χ3v) is 4.39. The van der Waals surface area contributed by atoms with E-state index in [1.54, 1.807) is 6.92 Å². The predicted molar refractivity (Wildman–Crippen MR) is 102 cm³/mol. The van der Waals surface area contributed by atoms with E-state index >= 15 is 0 Å². The first-order chi connectivity index (χ1) is 12.6. The number of carbonyl (C=O) groups is 1. The minimum atomic E-state index is -0.697. The molecule has 0 spiro atoms. The minimum Gasteiger partial charge on any atom is -0.481 e. The highest BCUT2D eigenvalue weighted by Gasteiger charge is 2.20. The van der Waals surface area contributed by atoms with Gasteiger partial charge in [-0.25, -0.2) is 4.63 Å². The monoisotopic (exact) mass is 415 g/mol. The molecule has 0 unspecified atom stereocenters. The van der Waals surface area contributed by atoms with Crippen LogP contribution in [0.4, 0.5) is 5.82 Å². The summed E-state index contributed by atoms with van der Waals surface area (Å²) in [6.45, 7) is 3.76. The lowest BCUT2D eigenvalue weighted by Crippen LogP contribution is -2.30. The summed E-state index contributed by atoms with van der Waals surface area (Å²) in [6.07, 6.45) is 0.255. The molecule has 0 aliphatic rings. The van der Waals surface area contributed by atoms with Crippen molar-refractivity contribution in [2.45, 2.75) is 26.4 Å². The van der Waals surface area contributed by atoms with Gasteiger partial charge in [0, 0.05) is 10.0 Å². The Morgan fingerprint density at radius 2 is 1.85 bits per heavy atom. The number of nitrogens with zero attached hydrogens (tertiary/aromatic N) is 2. The molecule has 0 fully saturated rings.